The van der Waals surface area contributed by atoms with E-state index in [1.165, 1.54) is 0 Å². The molecule has 1 N–H and O–H groups in total. The van der Waals surface area contributed by atoms with Crippen molar-refractivity contribution in [3.63, 3.8) is 0 Å². The molecule has 0 bridgehead atoms. The van der Waals surface area contributed by atoms with Crippen LogP contribution in [0.2, 0.25) is 0 Å². The number of hydrogen-bond acceptors (Lipinski definition) is 2. The molecule has 3 nitrogen and oxygen atoms in total. The minimum absolute atomic E-state index is 0.107. The molecule has 0 radical (unpaired) electrons. The summed E-state index contributed by atoms with van der Waals surface area (Å²) < 4.78 is 5.75. The Labute approximate surface area is 121 Å². The predicted octanol–water partition coefficient (Wildman–Crippen LogP) is 4.68. The lowest BCUT2D eigenvalue weighted by Crippen LogP contribution is -1.97. The van der Waals surface area contributed by atoms with Gasteiger partial charge in [-0.3, -0.25) is 0 Å². The third-order valence-electron chi connectivity index (χ3n) is 4.02. The highest BCUT2D eigenvalue weighted by Gasteiger charge is 2.33. The van der Waals surface area contributed by atoms with Crippen LogP contribution in [-0.2, 0) is 0 Å². The number of rotatable bonds is 3. The van der Waals surface area contributed by atoms with E-state index in [1.54, 1.807) is 0 Å². The maximum Gasteiger partial charge on any atom is 0.372 e. The molecule has 0 aliphatic heterocycles. The summed E-state index contributed by atoms with van der Waals surface area (Å²) in [5, 5.41) is 10.4. The largest absolute Gasteiger partial charge is 0.475 e. The van der Waals surface area contributed by atoms with Crippen LogP contribution in [-0.4, -0.2) is 11.1 Å². The summed E-state index contributed by atoms with van der Waals surface area (Å²) in [5.74, 6) is -0.536. The minimum Gasteiger partial charge on any atom is -0.475 e. The smallest absolute Gasteiger partial charge is 0.372 e. The molecule has 1 heterocycles. The van der Waals surface area contributed by atoms with Crippen LogP contribution >= 0.6 is 0 Å². The number of fused-ring (bicyclic) bond motifs is 1. The lowest BCUT2D eigenvalue weighted by atomic mass is 10.00. The van der Waals surface area contributed by atoms with Crippen LogP contribution in [0.1, 0.15) is 34.9 Å². The summed E-state index contributed by atoms with van der Waals surface area (Å²) >= 11 is 0. The second kappa shape index (κ2) is 4.48. The number of carbonyl (C=O) groups is 1. The number of carboxylic acids is 1. The van der Waals surface area contributed by atoms with E-state index in [2.05, 4.69) is 0 Å². The molecule has 104 valence electrons. The molecule has 3 heteroatoms. The van der Waals surface area contributed by atoms with E-state index >= 15 is 0 Å². The Morgan fingerprint density at radius 1 is 1.05 bits per heavy atom. The highest BCUT2D eigenvalue weighted by Crippen LogP contribution is 2.47. The molecule has 21 heavy (non-hydrogen) atoms. The SMILES string of the molecule is O=C(O)c1oc2c(-c3ccccc3)cccc2c1C1CC1. The Morgan fingerprint density at radius 3 is 2.48 bits per heavy atom. The molecular weight excluding hydrogens is 264 g/mol. The standard InChI is InChI=1S/C18H14O3/c19-18(20)17-15(12-9-10-12)14-8-4-7-13(16(14)21-17)11-5-2-1-3-6-11/h1-8,12H,9-10H2,(H,19,20). The molecule has 1 aliphatic carbocycles. The average Bonchev–Trinajstić information content (AvgIpc) is 3.27. The van der Waals surface area contributed by atoms with Crippen LogP contribution in [0.4, 0.5) is 0 Å². The summed E-state index contributed by atoms with van der Waals surface area (Å²) in [6.07, 6.45) is 2.09. The Hall–Kier alpha value is -2.55. The summed E-state index contributed by atoms with van der Waals surface area (Å²) in [6.45, 7) is 0. The predicted molar refractivity (Wildman–Crippen MR) is 80.6 cm³/mol. The van der Waals surface area contributed by atoms with E-state index in [0.29, 0.717) is 11.5 Å². The number of aromatic carboxylic acids is 1. The fourth-order valence-corrected chi connectivity index (χ4v) is 2.92. The number of benzene rings is 2. The van der Waals surface area contributed by atoms with E-state index in [1.807, 2.05) is 48.5 Å². The third-order valence-corrected chi connectivity index (χ3v) is 4.02. The van der Waals surface area contributed by atoms with Crippen LogP contribution in [0.5, 0.6) is 0 Å². The van der Waals surface area contributed by atoms with Gasteiger partial charge in [0.15, 0.2) is 0 Å². The first kappa shape index (κ1) is 12.2. The van der Waals surface area contributed by atoms with Gasteiger partial charge in [-0.05, 0) is 24.3 Å². The van der Waals surface area contributed by atoms with Crippen molar-refractivity contribution in [2.24, 2.45) is 0 Å². The monoisotopic (exact) mass is 278 g/mol. The van der Waals surface area contributed by atoms with Gasteiger partial charge in [-0.1, -0.05) is 48.5 Å². The van der Waals surface area contributed by atoms with Crippen molar-refractivity contribution in [2.75, 3.05) is 0 Å². The number of furan rings is 1. The molecule has 1 aromatic heterocycles. The number of carboxylic acid groups (broad SMARTS) is 1. The van der Waals surface area contributed by atoms with Gasteiger partial charge in [-0.15, -0.1) is 0 Å². The fourth-order valence-electron chi connectivity index (χ4n) is 2.92. The second-order valence-corrected chi connectivity index (χ2v) is 5.47. The molecule has 2 aromatic carbocycles. The Kier molecular flexibility index (Phi) is 2.61. The maximum atomic E-state index is 11.5. The van der Waals surface area contributed by atoms with Crippen molar-refractivity contribution in [1.82, 2.24) is 0 Å². The first-order valence-electron chi connectivity index (χ1n) is 7.10. The van der Waals surface area contributed by atoms with Crippen LogP contribution in [0.15, 0.2) is 52.9 Å². The summed E-state index contributed by atoms with van der Waals surface area (Å²) in [4.78, 5) is 11.5. The van der Waals surface area contributed by atoms with Crippen molar-refractivity contribution >= 4 is 16.9 Å². The minimum atomic E-state index is -0.980. The van der Waals surface area contributed by atoms with E-state index in [9.17, 15) is 9.90 Å². The zero-order valence-electron chi connectivity index (χ0n) is 11.4. The molecule has 1 fully saturated rings. The second-order valence-electron chi connectivity index (χ2n) is 5.47. The van der Waals surface area contributed by atoms with Crippen molar-refractivity contribution in [3.05, 3.63) is 59.9 Å². The highest BCUT2D eigenvalue weighted by molar-refractivity contribution is 6.01. The zero-order chi connectivity index (χ0) is 14.4. The van der Waals surface area contributed by atoms with Gasteiger partial charge in [-0.25, -0.2) is 4.79 Å². The van der Waals surface area contributed by atoms with E-state index in [-0.39, 0.29) is 5.76 Å². The third kappa shape index (κ3) is 1.93. The fraction of sp³-hybridized carbons (Fsp3) is 0.167. The van der Waals surface area contributed by atoms with Gasteiger partial charge < -0.3 is 9.52 Å². The quantitative estimate of drug-likeness (QED) is 0.757. The van der Waals surface area contributed by atoms with Crippen LogP contribution in [0.3, 0.4) is 0 Å². The Balaban J connectivity index is 2.02. The molecule has 0 saturated heterocycles. The van der Waals surface area contributed by atoms with Gasteiger partial charge in [0.1, 0.15) is 5.58 Å². The lowest BCUT2D eigenvalue weighted by Gasteiger charge is -2.02. The van der Waals surface area contributed by atoms with Gasteiger partial charge in [-0.2, -0.15) is 0 Å². The van der Waals surface area contributed by atoms with Crippen LogP contribution in [0.25, 0.3) is 22.1 Å². The topological polar surface area (TPSA) is 50.4 Å². The van der Waals surface area contributed by atoms with Crippen molar-refractivity contribution in [2.45, 2.75) is 18.8 Å². The van der Waals surface area contributed by atoms with Gasteiger partial charge in [0.25, 0.3) is 0 Å². The molecular formula is C18H14O3. The van der Waals surface area contributed by atoms with Crippen molar-refractivity contribution in [3.8, 4) is 11.1 Å². The van der Waals surface area contributed by atoms with Gasteiger partial charge >= 0.3 is 5.97 Å². The highest BCUT2D eigenvalue weighted by atomic mass is 16.4. The van der Waals surface area contributed by atoms with Gasteiger partial charge in [0.2, 0.25) is 5.76 Å². The summed E-state index contributed by atoms with van der Waals surface area (Å²) in [5.41, 5.74) is 3.54. The van der Waals surface area contributed by atoms with Gasteiger partial charge in [0, 0.05) is 16.5 Å². The van der Waals surface area contributed by atoms with E-state index in [0.717, 1.165) is 34.9 Å². The number of hydrogen-bond donors (Lipinski definition) is 1. The van der Waals surface area contributed by atoms with E-state index in [4.69, 9.17) is 4.42 Å². The van der Waals surface area contributed by atoms with Crippen molar-refractivity contribution < 1.29 is 14.3 Å². The molecule has 4 rings (SSSR count). The van der Waals surface area contributed by atoms with E-state index < -0.39 is 5.97 Å². The molecule has 0 unspecified atom stereocenters. The summed E-state index contributed by atoms with van der Waals surface area (Å²) in [7, 11) is 0. The van der Waals surface area contributed by atoms with Crippen molar-refractivity contribution in [1.29, 1.82) is 0 Å². The molecule has 0 spiro atoms. The maximum absolute atomic E-state index is 11.5. The first-order valence-corrected chi connectivity index (χ1v) is 7.10. The molecule has 0 amide bonds. The lowest BCUT2D eigenvalue weighted by molar-refractivity contribution is 0.0663. The summed E-state index contributed by atoms with van der Waals surface area (Å²) in [6, 6.07) is 15.8. The zero-order valence-corrected chi connectivity index (χ0v) is 11.4. The molecule has 1 saturated carbocycles. The van der Waals surface area contributed by atoms with Crippen LogP contribution < -0.4 is 0 Å². The molecule has 0 atom stereocenters. The number of para-hydroxylation sites is 1. The van der Waals surface area contributed by atoms with Crippen LogP contribution in [0, 0.1) is 0 Å². The molecule has 1 aliphatic rings. The van der Waals surface area contributed by atoms with Gasteiger partial charge in [0.05, 0.1) is 0 Å². The normalized spacial score (nSPS) is 14.5. The Morgan fingerprint density at radius 2 is 1.81 bits per heavy atom. The Bertz CT molecular complexity index is 826. The first-order chi connectivity index (χ1) is 10.3. The average molecular weight is 278 g/mol. The molecule has 3 aromatic rings.